The van der Waals surface area contributed by atoms with Crippen LogP contribution in [-0.4, -0.2) is 87.6 Å². The molecule has 0 aromatic heterocycles. The van der Waals surface area contributed by atoms with Crippen LogP contribution in [0, 0.1) is 74.4 Å². The van der Waals surface area contributed by atoms with Crippen molar-refractivity contribution in [3.05, 3.63) is 83.0 Å². The zero-order chi connectivity index (χ0) is 59.2. The van der Waals surface area contributed by atoms with Crippen LogP contribution in [0.1, 0.15) is 221 Å². The fraction of sp³-hybridized carbons (Fsp3) is 0.743. The van der Waals surface area contributed by atoms with E-state index in [4.69, 9.17) is 20.2 Å². The number of hydrogen-bond acceptors (Lipinski definition) is 12. The van der Waals surface area contributed by atoms with Gasteiger partial charge >= 0.3 is 5.97 Å². The number of hydrogen-bond donors (Lipinski definition) is 5. The van der Waals surface area contributed by atoms with Crippen molar-refractivity contribution in [1.29, 1.82) is 0 Å². The van der Waals surface area contributed by atoms with Gasteiger partial charge in [-0.3, -0.25) is 14.6 Å². The molecule has 2 aromatic carbocycles. The van der Waals surface area contributed by atoms with Gasteiger partial charge in [0, 0.05) is 78.9 Å². The molecule has 1 amide bonds. The highest BCUT2D eigenvalue weighted by molar-refractivity contribution is 8.77. The van der Waals surface area contributed by atoms with Crippen LogP contribution in [0.5, 0.6) is 11.5 Å². The number of aromatic hydroxyl groups is 1. The minimum Gasteiger partial charge on any atom is -0.504 e. The van der Waals surface area contributed by atoms with Crippen molar-refractivity contribution < 1.29 is 29.3 Å². The number of esters is 1. The van der Waals surface area contributed by atoms with Crippen LogP contribution in [-0.2, 0) is 27.3 Å². The van der Waals surface area contributed by atoms with Gasteiger partial charge in [-0.1, -0.05) is 95.8 Å². The molecule has 17 unspecified atom stereocenters. The Morgan fingerprint density at radius 1 is 0.839 bits per heavy atom. The van der Waals surface area contributed by atoms with Crippen LogP contribution in [0.25, 0.3) is 0 Å². The summed E-state index contributed by atoms with van der Waals surface area (Å²) in [5.74, 6) is 5.77. The highest BCUT2D eigenvalue weighted by atomic mass is 33.1. The smallest absolute Gasteiger partial charge is 0.303 e. The van der Waals surface area contributed by atoms with E-state index in [1.807, 2.05) is 4.90 Å². The SMILES string of the molecule is CNCC1CCC23CCC4(C5CCC(C6CCC(OC(C)=O)(CCc7cc(c(O)c8c7C7C=CC9(CCCC9C7)O8)CN7CC8(CC7=O)C(CCC8c7ccccc7)CN=C(N)NC7(CCCC78CCCC8)SSC5)CC6O)C4C=CC12)C31CCCC1. The monoisotopic (exact) mass is 1220 g/mol. The number of nitrogens with zero attached hydrogens (tertiary/aromatic N) is 2. The molecule has 18 aliphatic rings. The number of aliphatic hydroxyl groups is 1. The fourth-order valence-electron chi connectivity index (χ4n) is 25.6. The lowest BCUT2D eigenvalue weighted by Gasteiger charge is -2.63. The maximum atomic E-state index is 15.1. The first kappa shape index (κ1) is 58.4. The molecule has 9 saturated carbocycles. The van der Waals surface area contributed by atoms with Gasteiger partial charge in [0.25, 0.3) is 0 Å². The number of amides is 1. The van der Waals surface area contributed by atoms with Crippen molar-refractivity contribution in [1.82, 2.24) is 15.5 Å². The number of phenolic OH excluding ortho intramolecular Hbond substituents is 1. The summed E-state index contributed by atoms with van der Waals surface area (Å²) in [6.45, 7) is 4.08. The summed E-state index contributed by atoms with van der Waals surface area (Å²) in [5, 5.41) is 34.0. The molecule has 13 heteroatoms. The van der Waals surface area contributed by atoms with Gasteiger partial charge in [0.2, 0.25) is 5.91 Å². The summed E-state index contributed by atoms with van der Waals surface area (Å²) in [7, 11) is 6.52. The zero-order valence-electron chi connectivity index (χ0n) is 52.5. The number of benzene rings is 2. The van der Waals surface area contributed by atoms with Gasteiger partial charge in [-0.05, 0) is 248 Å². The highest BCUT2D eigenvalue weighted by Gasteiger charge is 2.76. The summed E-state index contributed by atoms with van der Waals surface area (Å²) in [5.41, 5.74) is 10.9. The van der Waals surface area contributed by atoms with Gasteiger partial charge in [-0.15, -0.1) is 0 Å². The van der Waals surface area contributed by atoms with Crippen molar-refractivity contribution in [3.63, 3.8) is 0 Å². The molecular formula is C74H101N5O6S2. The first-order chi connectivity index (χ1) is 42.2. The molecule has 7 spiro atoms. The number of allylic oxidation sites excluding steroid dienone is 3. The summed E-state index contributed by atoms with van der Waals surface area (Å²) in [4.78, 5) is 36.0. The number of carbonyl (C=O) groups excluding carboxylic acids is 2. The van der Waals surface area contributed by atoms with E-state index in [0.29, 0.717) is 91.4 Å². The first-order valence-electron chi connectivity index (χ1n) is 35.4. The summed E-state index contributed by atoms with van der Waals surface area (Å²) in [6.07, 6.45) is 40.9. The Morgan fingerprint density at radius 3 is 2.46 bits per heavy atom. The Balaban J connectivity index is 0.816. The standard InChI is InChI=1S/C74H101N5O6S2/c1-47(80)84-68-32-21-49-38-52(64(83)65-63(49)50-23-35-71(85-65)28-10-14-53(71)39-50)44-79-46-69(41-62(79)82)54(16-18-58(69)48-12-4-3-5-13-48)43-77-66(75)78-74(31-11-27-67(74)25-6-7-26-67)87-86-45-55-15-17-56(57(24-33-68)61(81)40-68)60-20-19-59-51(42-76-2)22-34-70(59)36-37-73(55,60)72(70)29-8-9-30-72/h3-5,12-13,19-20,23,35,38,50-51,53-61,76,81,83H,6-11,14-18,21-22,24-34,36-37,39-46H2,1-2H3,(H3,75,77,78). The maximum absolute atomic E-state index is 15.1. The summed E-state index contributed by atoms with van der Waals surface area (Å²) < 4.78 is 14.0. The molecule has 12 bridgehead atoms. The second kappa shape index (κ2) is 21.7. The number of nitrogens with two attached hydrogens (primary N) is 1. The number of carbonyl (C=O) groups is 2. The number of aliphatic imine (C=N–C) groups is 1. The average Bonchev–Trinajstić information content (AvgIpc) is 1.53. The van der Waals surface area contributed by atoms with Crippen LogP contribution in [0.4, 0.5) is 0 Å². The van der Waals surface area contributed by atoms with Crippen LogP contribution in [0.3, 0.4) is 0 Å². The van der Waals surface area contributed by atoms with Gasteiger partial charge in [0.1, 0.15) is 16.1 Å². The van der Waals surface area contributed by atoms with Crippen molar-refractivity contribution in [2.75, 3.05) is 32.4 Å². The first-order valence-corrected chi connectivity index (χ1v) is 37.7. The van der Waals surface area contributed by atoms with Gasteiger partial charge in [0.05, 0.1) is 6.10 Å². The molecule has 10 fully saturated rings. The second-order valence-corrected chi connectivity index (χ2v) is 34.5. The number of rotatable bonds is 4. The third-order valence-corrected chi connectivity index (χ3v) is 32.2. The number of aryl methyl sites for hydroxylation is 1. The van der Waals surface area contributed by atoms with E-state index in [2.05, 4.69) is 100.0 Å². The van der Waals surface area contributed by atoms with Crippen molar-refractivity contribution in [2.45, 2.75) is 234 Å². The molecule has 11 aliphatic carbocycles. The predicted octanol–water partition coefficient (Wildman–Crippen LogP) is 14.2. The summed E-state index contributed by atoms with van der Waals surface area (Å²) in [6, 6.07) is 13.1. The molecule has 17 atom stereocenters. The molecule has 20 rings (SSSR count). The molecular weight excluding hydrogens is 1120 g/mol. The molecule has 7 heterocycles. The second-order valence-electron chi connectivity index (χ2n) is 31.9. The van der Waals surface area contributed by atoms with Crippen molar-refractivity contribution in [2.24, 2.45) is 85.1 Å². The lowest BCUT2D eigenvalue weighted by molar-refractivity contribution is -0.176. The number of ether oxygens (including phenoxy) is 2. The van der Waals surface area contributed by atoms with Crippen molar-refractivity contribution >= 4 is 39.4 Å². The van der Waals surface area contributed by atoms with Gasteiger partial charge < -0.3 is 41.0 Å². The molecule has 6 N–H and O–H groups in total. The predicted molar refractivity (Wildman–Crippen MR) is 347 cm³/mol. The van der Waals surface area contributed by atoms with Gasteiger partial charge in [0.15, 0.2) is 17.5 Å². The lowest BCUT2D eigenvalue weighted by Crippen LogP contribution is -2.59. The van der Waals surface area contributed by atoms with E-state index < -0.39 is 17.3 Å². The lowest BCUT2D eigenvalue weighted by atomic mass is 9.42. The topological polar surface area (TPSA) is 159 Å². The Labute approximate surface area is 527 Å². The minimum absolute atomic E-state index is 0.0790. The van der Waals surface area contributed by atoms with E-state index in [1.165, 1.54) is 102 Å². The van der Waals surface area contributed by atoms with Crippen LogP contribution in [0.2, 0.25) is 0 Å². The number of aliphatic hydroxyl groups excluding tert-OH is 1. The van der Waals surface area contributed by atoms with Crippen LogP contribution in [0.15, 0.2) is 65.7 Å². The quantitative estimate of drug-likeness (QED) is 0.113. The van der Waals surface area contributed by atoms with E-state index in [9.17, 15) is 15.0 Å². The largest absolute Gasteiger partial charge is 0.504 e. The normalized spacial score (nSPS) is 43.9. The Bertz CT molecular complexity index is 3100. The molecule has 1 saturated heterocycles. The molecule has 11 nitrogen and oxygen atoms in total. The number of guanidine groups is 1. The third-order valence-electron chi connectivity index (χ3n) is 28.9. The van der Waals surface area contributed by atoms with E-state index in [1.54, 1.807) is 6.92 Å². The molecule has 87 heavy (non-hydrogen) atoms. The molecule has 7 aliphatic heterocycles. The van der Waals surface area contributed by atoms with Crippen LogP contribution >= 0.6 is 21.6 Å². The molecule has 2 aromatic rings. The Hall–Kier alpha value is -3.65. The number of phenols is 1. The van der Waals surface area contributed by atoms with Gasteiger partial charge in [-0.25, -0.2) is 0 Å². The number of nitrogens with one attached hydrogen (secondary N) is 2. The zero-order valence-corrected chi connectivity index (χ0v) is 54.1. The van der Waals surface area contributed by atoms with E-state index >= 15 is 4.79 Å². The Kier molecular flexibility index (Phi) is 14.6. The van der Waals surface area contributed by atoms with Crippen LogP contribution < -0.4 is 21.1 Å². The van der Waals surface area contributed by atoms with E-state index in [-0.39, 0.29) is 74.4 Å². The minimum atomic E-state index is -0.843. The maximum Gasteiger partial charge on any atom is 0.303 e. The van der Waals surface area contributed by atoms with E-state index in [0.717, 1.165) is 93.2 Å². The van der Waals surface area contributed by atoms with Crippen molar-refractivity contribution in [3.8, 4) is 11.5 Å². The fourth-order valence-corrected chi connectivity index (χ4v) is 29.6. The highest BCUT2D eigenvalue weighted by Crippen LogP contribution is 2.83. The Morgan fingerprint density at radius 2 is 1.64 bits per heavy atom. The molecule has 0 radical (unpaired) electrons. The average molecular weight is 1220 g/mol. The summed E-state index contributed by atoms with van der Waals surface area (Å²) >= 11 is 0. The third kappa shape index (κ3) is 8.69. The molecule has 470 valence electrons. The van der Waals surface area contributed by atoms with Gasteiger partial charge in [-0.2, -0.15) is 0 Å².